The topological polar surface area (TPSA) is 80.4 Å². The molecule has 0 unspecified atom stereocenters. The monoisotopic (exact) mass is 570 g/mol. The first-order valence-corrected chi connectivity index (χ1v) is 9.79. The Morgan fingerprint density at radius 3 is 2.56 bits per heavy atom. The number of rotatable bonds is 4. The average Bonchev–Trinajstić information content (AvgIpc) is 2.87. The largest absolute Gasteiger partial charge is 0.467 e. The van der Waals surface area contributed by atoms with Gasteiger partial charge in [-0.05, 0) is 83.6 Å². The van der Waals surface area contributed by atoms with Crippen molar-refractivity contribution in [3.63, 3.8) is 0 Å². The van der Waals surface area contributed by atoms with Crippen LogP contribution in [-0.4, -0.2) is 35.8 Å². The van der Waals surface area contributed by atoms with Gasteiger partial charge in [-0.15, -0.1) is 0 Å². The highest BCUT2D eigenvalue weighted by Crippen LogP contribution is 2.27. The first-order chi connectivity index (χ1) is 11.6. The molecule has 2 aromatic rings. The lowest BCUT2D eigenvalue weighted by Crippen LogP contribution is -2.45. The Bertz CT molecular complexity index is 796. The zero-order valence-electron chi connectivity index (χ0n) is 14.4. The van der Waals surface area contributed by atoms with E-state index in [0.717, 1.165) is 23.6 Å². The van der Waals surface area contributed by atoms with Gasteiger partial charge in [0.1, 0.15) is 11.6 Å². The van der Waals surface area contributed by atoms with Crippen molar-refractivity contribution in [2.24, 2.45) is 0 Å². The van der Waals surface area contributed by atoms with Crippen LogP contribution in [0.2, 0.25) is 0 Å². The van der Waals surface area contributed by atoms with Gasteiger partial charge in [0, 0.05) is 25.1 Å². The van der Waals surface area contributed by atoms with E-state index >= 15 is 0 Å². The Morgan fingerprint density at radius 1 is 1.28 bits per heavy atom. The Balaban J connectivity index is 2.26. The molecule has 1 aromatic heterocycles. The van der Waals surface area contributed by atoms with Gasteiger partial charge in [-0.2, -0.15) is 0 Å². The van der Waals surface area contributed by atoms with Gasteiger partial charge in [-0.25, -0.2) is 9.59 Å². The second-order valence-corrected chi connectivity index (χ2v) is 8.96. The quantitative estimate of drug-likeness (QED) is 0.431. The number of esters is 1. The van der Waals surface area contributed by atoms with Gasteiger partial charge in [0.05, 0.1) is 12.6 Å². The lowest BCUT2D eigenvalue weighted by molar-refractivity contribution is -0.143. The number of alkyl carbamates (subject to hydrolysis) is 1. The van der Waals surface area contributed by atoms with Gasteiger partial charge in [0.2, 0.25) is 0 Å². The molecule has 0 aliphatic carbocycles. The van der Waals surface area contributed by atoms with Crippen LogP contribution < -0.4 is 5.32 Å². The number of aromatic nitrogens is 1. The van der Waals surface area contributed by atoms with Gasteiger partial charge >= 0.3 is 12.1 Å². The predicted octanol–water partition coefficient (Wildman–Crippen LogP) is 3.99. The number of hydrogen-bond donors (Lipinski definition) is 2. The van der Waals surface area contributed by atoms with Crippen molar-refractivity contribution in [2.45, 2.75) is 38.8 Å². The molecule has 8 heteroatoms. The number of benzene rings is 1. The molecule has 0 fully saturated rings. The Labute approximate surface area is 173 Å². The van der Waals surface area contributed by atoms with E-state index in [0.29, 0.717) is 6.42 Å². The van der Waals surface area contributed by atoms with E-state index in [1.807, 2.05) is 12.3 Å². The highest BCUT2D eigenvalue weighted by Gasteiger charge is 2.26. The van der Waals surface area contributed by atoms with E-state index in [9.17, 15) is 9.59 Å². The van der Waals surface area contributed by atoms with Crippen molar-refractivity contribution in [1.82, 2.24) is 10.3 Å². The smallest absolute Gasteiger partial charge is 0.408 e. The molecule has 2 rings (SSSR count). The molecule has 2 N–H and O–H groups in total. The van der Waals surface area contributed by atoms with Crippen LogP contribution in [0, 0.1) is 7.14 Å². The van der Waals surface area contributed by atoms with E-state index in [1.165, 1.54) is 7.11 Å². The standard InChI is InChI=1S/C17H20I2N2O4/c1-17(2,3)25-16(23)21-13(15(22)24-4)5-9-8-20-14-11(9)6-10(18)7-12(14)19/h6-8,13,20H,5H2,1-4H3,(H,21,23)/t13-/m0/s1. The van der Waals surface area contributed by atoms with E-state index in [2.05, 4.69) is 61.5 Å². The van der Waals surface area contributed by atoms with Crippen LogP contribution in [0.3, 0.4) is 0 Å². The number of ether oxygens (including phenoxy) is 2. The lowest BCUT2D eigenvalue weighted by Gasteiger charge is -2.22. The van der Waals surface area contributed by atoms with E-state index in [4.69, 9.17) is 9.47 Å². The summed E-state index contributed by atoms with van der Waals surface area (Å²) in [6.07, 6.45) is 1.52. The summed E-state index contributed by atoms with van der Waals surface area (Å²) >= 11 is 4.53. The molecule has 136 valence electrons. The van der Waals surface area contributed by atoms with Crippen LogP contribution in [0.1, 0.15) is 26.3 Å². The number of halogens is 2. The number of methoxy groups -OCH3 is 1. The molecule has 0 aliphatic rings. The maximum absolute atomic E-state index is 12.1. The van der Waals surface area contributed by atoms with Crippen molar-refractivity contribution < 1.29 is 19.1 Å². The molecule has 0 aliphatic heterocycles. The number of nitrogens with one attached hydrogen (secondary N) is 2. The fraction of sp³-hybridized carbons (Fsp3) is 0.412. The molecule has 1 heterocycles. The fourth-order valence-corrected chi connectivity index (χ4v) is 4.39. The molecular formula is C17H20I2N2O4. The third-order valence-electron chi connectivity index (χ3n) is 3.39. The molecule has 0 radical (unpaired) electrons. The zero-order chi connectivity index (χ0) is 18.8. The first kappa shape index (κ1) is 20.3. The number of carbonyl (C=O) groups excluding carboxylic acids is 2. The SMILES string of the molecule is COC(=O)[C@H](Cc1c[nH]c2c(I)cc(I)cc12)NC(=O)OC(C)(C)C. The molecule has 6 nitrogen and oxygen atoms in total. The number of H-pyrrole nitrogens is 1. The van der Waals surface area contributed by atoms with E-state index in [-0.39, 0.29) is 0 Å². The molecule has 1 amide bonds. The highest BCUT2D eigenvalue weighted by molar-refractivity contribution is 14.1. The molecule has 1 aromatic carbocycles. The maximum Gasteiger partial charge on any atom is 0.408 e. The second-order valence-electron chi connectivity index (χ2n) is 6.55. The number of carbonyl (C=O) groups is 2. The Hall–Kier alpha value is -1.04. The third-order valence-corrected chi connectivity index (χ3v) is 4.87. The number of fused-ring (bicyclic) bond motifs is 1. The molecule has 1 atom stereocenters. The van der Waals surface area contributed by atoms with Crippen LogP contribution in [0.25, 0.3) is 10.9 Å². The summed E-state index contributed by atoms with van der Waals surface area (Å²) in [5, 5.41) is 3.63. The second kappa shape index (κ2) is 8.11. The average molecular weight is 570 g/mol. The van der Waals surface area contributed by atoms with Crippen LogP contribution in [0.5, 0.6) is 0 Å². The van der Waals surface area contributed by atoms with Crippen LogP contribution in [0.4, 0.5) is 4.79 Å². The van der Waals surface area contributed by atoms with Crippen LogP contribution in [0.15, 0.2) is 18.3 Å². The number of hydrogen-bond acceptors (Lipinski definition) is 4. The minimum Gasteiger partial charge on any atom is -0.467 e. The minimum atomic E-state index is -0.825. The predicted molar refractivity (Wildman–Crippen MR) is 113 cm³/mol. The summed E-state index contributed by atoms with van der Waals surface area (Å²) < 4.78 is 12.3. The van der Waals surface area contributed by atoms with Crippen molar-refractivity contribution in [1.29, 1.82) is 0 Å². The fourth-order valence-electron chi connectivity index (χ4n) is 2.38. The van der Waals surface area contributed by atoms with Gasteiger partial charge in [-0.3, -0.25) is 0 Å². The lowest BCUT2D eigenvalue weighted by atomic mass is 10.1. The van der Waals surface area contributed by atoms with Crippen LogP contribution >= 0.6 is 45.2 Å². The maximum atomic E-state index is 12.1. The van der Waals surface area contributed by atoms with Crippen molar-refractivity contribution >= 4 is 68.1 Å². The summed E-state index contributed by atoms with van der Waals surface area (Å²) in [6.45, 7) is 5.30. The van der Waals surface area contributed by atoms with Crippen molar-refractivity contribution in [2.75, 3.05) is 7.11 Å². The molecule has 0 saturated carbocycles. The van der Waals surface area contributed by atoms with Crippen LogP contribution in [-0.2, 0) is 20.7 Å². The molecule has 0 saturated heterocycles. The zero-order valence-corrected chi connectivity index (χ0v) is 18.7. The summed E-state index contributed by atoms with van der Waals surface area (Å²) in [4.78, 5) is 27.4. The molecule has 25 heavy (non-hydrogen) atoms. The first-order valence-electron chi connectivity index (χ1n) is 7.63. The summed E-state index contributed by atoms with van der Waals surface area (Å²) in [5.41, 5.74) is 1.30. The van der Waals surface area contributed by atoms with Crippen molar-refractivity contribution in [3.8, 4) is 0 Å². The van der Waals surface area contributed by atoms with E-state index < -0.39 is 23.7 Å². The summed E-state index contributed by atoms with van der Waals surface area (Å²) in [5.74, 6) is -0.513. The molecular weight excluding hydrogens is 550 g/mol. The highest BCUT2D eigenvalue weighted by atomic mass is 127. The summed E-state index contributed by atoms with van der Waals surface area (Å²) in [6, 6.07) is 3.29. The normalized spacial score (nSPS) is 12.7. The number of amides is 1. The van der Waals surface area contributed by atoms with Gasteiger partial charge in [0.25, 0.3) is 0 Å². The third kappa shape index (κ3) is 5.47. The van der Waals surface area contributed by atoms with Gasteiger partial charge < -0.3 is 19.8 Å². The summed E-state index contributed by atoms with van der Waals surface area (Å²) in [7, 11) is 1.30. The minimum absolute atomic E-state index is 0.308. The molecule has 0 bridgehead atoms. The Morgan fingerprint density at radius 2 is 1.96 bits per heavy atom. The number of aromatic amines is 1. The Kier molecular flexibility index (Phi) is 6.57. The van der Waals surface area contributed by atoms with E-state index in [1.54, 1.807) is 20.8 Å². The molecule has 0 spiro atoms. The van der Waals surface area contributed by atoms with Gasteiger partial charge in [-0.1, -0.05) is 0 Å². The van der Waals surface area contributed by atoms with Crippen molar-refractivity contribution in [3.05, 3.63) is 31.0 Å². The van der Waals surface area contributed by atoms with Gasteiger partial charge in [0.15, 0.2) is 0 Å².